The zero-order valence-electron chi connectivity index (χ0n) is 6.61. The number of cyclic esters (lactones) is 2. The molecule has 1 heterocycles. The van der Waals surface area contributed by atoms with Gasteiger partial charge >= 0.3 is 11.9 Å². The molecule has 0 bridgehead atoms. The standard InChI is InChI=1S/C9H8O3/c1-9-5-3-2-4-6(9)7(10)12-8(9)11/h2-6H,1H3. The maximum absolute atomic E-state index is 11.2. The van der Waals surface area contributed by atoms with Gasteiger partial charge in [-0.3, -0.25) is 9.59 Å². The van der Waals surface area contributed by atoms with Gasteiger partial charge < -0.3 is 4.74 Å². The molecule has 0 aromatic carbocycles. The first-order chi connectivity index (χ1) is 5.64. The molecular formula is C9H8O3. The molecule has 0 N–H and O–H groups in total. The summed E-state index contributed by atoms with van der Waals surface area (Å²) in [6, 6.07) is 0. The Balaban J connectivity index is 2.49. The minimum absolute atomic E-state index is 0.421. The van der Waals surface area contributed by atoms with Crippen molar-refractivity contribution in [2.75, 3.05) is 0 Å². The van der Waals surface area contributed by atoms with Crippen LogP contribution in [0.1, 0.15) is 6.92 Å². The molecule has 0 spiro atoms. The number of esters is 2. The van der Waals surface area contributed by atoms with Crippen molar-refractivity contribution in [2.45, 2.75) is 6.92 Å². The van der Waals surface area contributed by atoms with Gasteiger partial charge in [0.05, 0.1) is 5.92 Å². The molecule has 1 aliphatic carbocycles. The lowest BCUT2D eigenvalue weighted by Crippen LogP contribution is -2.28. The summed E-state index contributed by atoms with van der Waals surface area (Å²) in [5.74, 6) is -1.31. The van der Waals surface area contributed by atoms with Crippen LogP contribution in [-0.4, -0.2) is 11.9 Å². The first kappa shape index (κ1) is 7.28. The number of ether oxygens (including phenoxy) is 1. The molecule has 0 radical (unpaired) electrons. The van der Waals surface area contributed by atoms with Crippen molar-refractivity contribution in [1.29, 1.82) is 0 Å². The van der Waals surface area contributed by atoms with Crippen LogP contribution in [0.2, 0.25) is 0 Å². The van der Waals surface area contributed by atoms with E-state index in [2.05, 4.69) is 4.74 Å². The van der Waals surface area contributed by atoms with E-state index >= 15 is 0 Å². The van der Waals surface area contributed by atoms with Crippen LogP contribution < -0.4 is 0 Å². The number of carbonyl (C=O) groups excluding carboxylic acids is 2. The number of hydrogen-bond acceptors (Lipinski definition) is 3. The number of carbonyl (C=O) groups is 2. The second kappa shape index (κ2) is 2.06. The molecule has 2 atom stereocenters. The summed E-state index contributed by atoms with van der Waals surface area (Å²) in [7, 11) is 0. The second-order valence-electron chi connectivity index (χ2n) is 3.21. The fourth-order valence-corrected chi connectivity index (χ4v) is 1.52. The summed E-state index contributed by atoms with van der Waals surface area (Å²) in [4.78, 5) is 22.3. The highest BCUT2D eigenvalue weighted by Crippen LogP contribution is 2.40. The van der Waals surface area contributed by atoms with Crippen LogP contribution in [0.4, 0.5) is 0 Å². The Labute approximate surface area is 69.7 Å². The SMILES string of the molecule is CC12C=CC=CC1C(=O)OC2=O. The molecule has 3 heteroatoms. The van der Waals surface area contributed by atoms with Crippen LogP contribution in [0.25, 0.3) is 0 Å². The lowest BCUT2D eigenvalue weighted by Gasteiger charge is -2.20. The smallest absolute Gasteiger partial charge is 0.324 e. The van der Waals surface area contributed by atoms with Crippen molar-refractivity contribution < 1.29 is 14.3 Å². The monoisotopic (exact) mass is 164 g/mol. The first-order valence-electron chi connectivity index (χ1n) is 3.77. The van der Waals surface area contributed by atoms with Crippen molar-refractivity contribution in [3.63, 3.8) is 0 Å². The van der Waals surface area contributed by atoms with Crippen molar-refractivity contribution in [3.8, 4) is 0 Å². The minimum Gasteiger partial charge on any atom is -0.392 e. The predicted molar refractivity (Wildman–Crippen MR) is 41.0 cm³/mol. The lowest BCUT2D eigenvalue weighted by molar-refractivity contribution is -0.154. The van der Waals surface area contributed by atoms with E-state index in [1.807, 2.05) is 0 Å². The molecule has 0 amide bonds. The van der Waals surface area contributed by atoms with Gasteiger partial charge in [0.15, 0.2) is 0 Å². The maximum Gasteiger partial charge on any atom is 0.324 e. The first-order valence-corrected chi connectivity index (χ1v) is 3.77. The Hall–Kier alpha value is -1.38. The Kier molecular flexibility index (Phi) is 1.25. The fourth-order valence-electron chi connectivity index (χ4n) is 1.52. The molecule has 12 heavy (non-hydrogen) atoms. The molecule has 0 aromatic rings. The van der Waals surface area contributed by atoms with Gasteiger partial charge in [0.1, 0.15) is 5.41 Å². The average molecular weight is 164 g/mol. The van der Waals surface area contributed by atoms with Crippen LogP contribution in [0, 0.1) is 11.3 Å². The predicted octanol–water partition coefficient (Wildman–Crippen LogP) is 0.818. The van der Waals surface area contributed by atoms with Gasteiger partial charge in [-0.2, -0.15) is 0 Å². The highest BCUT2D eigenvalue weighted by molar-refractivity contribution is 6.01. The highest BCUT2D eigenvalue weighted by atomic mass is 16.6. The van der Waals surface area contributed by atoms with E-state index < -0.39 is 23.3 Å². The number of rotatable bonds is 0. The fraction of sp³-hybridized carbons (Fsp3) is 0.333. The third-order valence-electron chi connectivity index (χ3n) is 2.39. The number of fused-ring (bicyclic) bond motifs is 1. The van der Waals surface area contributed by atoms with Gasteiger partial charge in [-0.25, -0.2) is 0 Å². The maximum atomic E-state index is 11.2. The van der Waals surface area contributed by atoms with E-state index in [-0.39, 0.29) is 0 Å². The van der Waals surface area contributed by atoms with Crippen molar-refractivity contribution in [2.24, 2.45) is 11.3 Å². The number of hydrogen-bond donors (Lipinski definition) is 0. The van der Waals surface area contributed by atoms with Gasteiger partial charge in [-0.05, 0) is 6.92 Å². The molecule has 1 aliphatic heterocycles. The number of allylic oxidation sites excluding steroid dienone is 2. The largest absolute Gasteiger partial charge is 0.392 e. The Morgan fingerprint density at radius 1 is 1.42 bits per heavy atom. The summed E-state index contributed by atoms with van der Waals surface area (Å²) in [6.45, 7) is 1.71. The topological polar surface area (TPSA) is 43.4 Å². The summed E-state index contributed by atoms with van der Waals surface area (Å²) >= 11 is 0. The van der Waals surface area contributed by atoms with E-state index in [4.69, 9.17) is 0 Å². The molecule has 0 aromatic heterocycles. The van der Waals surface area contributed by atoms with Gasteiger partial charge in [0, 0.05) is 0 Å². The Morgan fingerprint density at radius 3 is 2.83 bits per heavy atom. The third-order valence-corrected chi connectivity index (χ3v) is 2.39. The molecule has 2 rings (SSSR count). The van der Waals surface area contributed by atoms with Crippen molar-refractivity contribution in [3.05, 3.63) is 24.3 Å². The molecular weight excluding hydrogens is 156 g/mol. The van der Waals surface area contributed by atoms with Gasteiger partial charge in [0.2, 0.25) is 0 Å². The lowest BCUT2D eigenvalue weighted by atomic mass is 9.76. The van der Waals surface area contributed by atoms with E-state index in [9.17, 15) is 9.59 Å². The normalized spacial score (nSPS) is 38.2. The van der Waals surface area contributed by atoms with Gasteiger partial charge in [-0.15, -0.1) is 0 Å². The molecule has 1 fully saturated rings. The van der Waals surface area contributed by atoms with E-state index in [0.29, 0.717) is 0 Å². The van der Waals surface area contributed by atoms with Crippen LogP contribution in [0.15, 0.2) is 24.3 Å². The van der Waals surface area contributed by atoms with E-state index in [0.717, 1.165) is 0 Å². The Morgan fingerprint density at radius 2 is 2.17 bits per heavy atom. The van der Waals surface area contributed by atoms with Crippen molar-refractivity contribution >= 4 is 11.9 Å². The Bertz CT molecular complexity index is 314. The van der Waals surface area contributed by atoms with Crippen LogP contribution >= 0.6 is 0 Å². The zero-order valence-corrected chi connectivity index (χ0v) is 6.61. The molecule has 1 saturated heterocycles. The summed E-state index contributed by atoms with van der Waals surface area (Å²) in [5.41, 5.74) is -0.758. The van der Waals surface area contributed by atoms with Gasteiger partial charge in [0.25, 0.3) is 0 Å². The second-order valence-corrected chi connectivity index (χ2v) is 3.21. The molecule has 0 saturated carbocycles. The minimum atomic E-state index is -0.758. The average Bonchev–Trinajstić information content (AvgIpc) is 2.25. The zero-order chi connectivity index (χ0) is 8.77. The summed E-state index contributed by atoms with van der Waals surface area (Å²) in [5, 5.41) is 0. The third kappa shape index (κ3) is 0.706. The van der Waals surface area contributed by atoms with Gasteiger partial charge in [-0.1, -0.05) is 24.3 Å². The highest BCUT2D eigenvalue weighted by Gasteiger charge is 2.52. The quantitative estimate of drug-likeness (QED) is 0.393. The molecule has 2 aliphatic rings. The van der Waals surface area contributed by atoms with Crippen LogP contribution in [0.5, 0.6) is 0 Å². The molecule has 62 valence electrons. The summed E-state index contributed by atoms with van der Waals surface area (Å²) < 4.78 is 4.53. The van der Waals surface area contributed by atoms with Crippen LogP contribution in [-0.2, 0) is 14.3 Å². The summed E-state index contributed by atoms with van der Waals surface area (Å²) in [6.07, 6.45) is 6.93. The van der Waals surface area contributed by atoms with E-state index in [1.54, 1.807) is 31.2 Å². The van der Waals surface area contributed by atoms with Crippen molar-refractivity contribution in [1.82, 2.24) is 0 Å². The molecule has 3 nitrogen and oxygen atoms in total. The van der Waals surface area contributed by atoms with Crippen LogP contribution in [0.3, 0.4) is 0 Å². The van der Waals surface area contributed by atoms with E-state index in [1.165, 1.54) is 0 Å². The molecule has 2 unspecified atom stereocenters.